The lowest BCUT2D eigenvalue weighted by Crippen LogP contribution is -2.33. The summed E-state index contributed by atoms with van der Waals surface area (Å²) in [5.74, 6) is -0.867. The third-order valence-electron chi connectivity index (χ3n) is 3.77. The van der Waals surface area contributed by atoms with Crippen molar-refractivity contribution in [3.05, 3.63) is 23.8 Å². The number of aromatic carboxylic acids is 1. The molecule has 1 saturated carbocycles. The summed E-state index contributed by atoms with van der Waals surface area (Å²) in [5, 5.41) is 23.8. The van der Waals surface area contributed by atoms with Crippen LogP contribution in [-0.4, -0.2) is 28.8 Å². The van der Waals surface area contributed by atoms with Crippen molar-refractivity contribution in [3.63, 3.8) is 0 Å². The first-order valence-electron chi connectivity index (χ1n) is 7.17. The number of benzene rings is 1. The molecule has 0 bridgehead atoms. The molecule has 1 aromatic rings. The molecule has 0 aliphatic heterocycles. The van der Waals surface area contributed by atoms with Gasteiger partial charge in [-0.25, -0.2) is 9.59 Å². The number of hydrogen-bond acceptors (Lipinski definition) is 3. The fraction of sp³-hybridized carbons (Fsp3) is 0.467. The average molecular weight is 292 g/mol. The summed E-state index contributed by atoms with van der Waals surface area (Å²) in [5.41, 5.74) is 0.168. The van der Waals surface area contributed by atoms with E-state index >= 15 is 0 Å². The first kappa shape index (κ1) is 15.2. The van der Waals surface area contributed by atoms with Gasteiger partial charge in [-0.15, -0.1) is 0 Å². The van der Waals surface area contributed by atoms with E-state index in [2.05, 4.69) is 10.6 Å². The number of carboxylic acid groups (broad SMARTS) is 1. The van der Waals surface area contributed by atoms with E-state index in [0.717, 1.165) is 18.9 Å². The minimum atomic E-state index is -1.13. The predicted molar refractivity (Wildman–Crippen MR) is 78.7 cm³/mol. The van der Waals surface area contributed by atoms with E-state index in [1.807, 2.05) is 0 Å². The molecule has 2 amide bonds. The van der Waals surface area contributed by atoms with E-state index < -0.39 is 5.97 Å². The van der Waals surface area contributed by atoms with Crippen molar-refractivity contribution in [3.8, 4) is 5.75 Å². The highest BCUT2D eigenvalue weighted by Gasteiger charge is 2.15. The molecule has 6 heteroatoms. The Bertz CT molecular complexity index is 524. The second-order valence-electron chi connectivity index (χ2n) is 5.38. The molecule has 1 fully saturated rings. The van der Waals surface area contributed by atoms with Crippen molar-refractivity contribution in [2.75, 3.05) is 11.9 Å². The maximum atomic E-state index is 11.8. The van der Waals surface area contributed by atoms with Crippen LogP contribution in [0.5, 0.6) is 5.75 Å². The highest BCUT2D eigenvalue weighted by Crippen LogP contribution is 2.25. The third kappa shape index (κ3) is 4.37. The Hall–Kier alpha value is -2.24. The van der Waals surface area contributed by atoms with E-state index in [9.17, 15) is 14.7 Å². The SMILES string of the molecule is O=C(NCC1CCCCC1)Nc1ccc(C(=O)O)cc1O. The topological polar surface area (TPSA) is 98.7 Å². The molecule has 1 aliphatic carbocycles. The summed E-state index contributed by atoms with van der Waals surface area (Å²) in [6.07, 6.45) is 5.97. The van der Waals surface area contributed by atoms with Gasteiger partial charge in [-0.3, -0.25) is 0 Å². The fourth-order valence-electron chi connectivity index (χ4n) is 2.57. The quantitative estimate of drug-likeness (QED) is 0.641. The van der Waals surface area contributed by atoms with Gasteiger partial charge in [0.05, 0.1) is 11.3 Å². The summed E-state index contributed by atoms with van der Waals surface area (Å²) in [6, 6.07) is 3.43. The van der Waals surface area contributed by atoms with Gasteiger partial charge in [-0.05, 0) is 37.0 Å². The van der Waals surface area contributed by atoms with E-state index in [0.29, 0.717) is 12.5 Å². The van der Waals surface area contributed by atoms with Crippen LogP contribution in [0.15, 0.2) is 18.2 Å². The molecule has 0 heterocycles. The Morgan fingerprint density at radius 3 is 2.52 bits per heavy atom. The second-order valence-corrected chi connectivity index (χ2v) is 5.38. The lowest BCUT2D eigenvalue weighted by Gasteiger charge is -2.21. The first-order chi connectivity index (χ1) is 10.1. The van der Waals surface area contributed by atoms with Gasteiger partial charge in [0.1, 0.15) is 5.75 Å². The highest BCUT2D eigenvalue weighted by molar-refractivity contribution is 5.93. The predicted octanol–water partition coefficient (Wildman–Crippen LogP) is 2.79. The molecular formula is C15H20N2O4. The number of anilines is 1. The van der Waals surface area contributed by atoms with Gasteiger partial charge in [-0.1, -0.05) is 19.3 Å². The minimum Gasteiger partial charge on any atom is -0.506 e. The van der Waals surface area contributed by atoms with Crippen molar-refractivity contribution in [2.24, 2.45) is 5.92 Å². The minimum absolute atomic E-state index is 0.0272. The molecule has 1 aliphatic rings. The van der Waals surface area contributed by atoms with E-state index in [4.69, 9.17) is 5.11 Å². The van der Waals surface area contributed by atoms with Crippen molar-refractivity contribution in [1.29, 1.82) is 0 Å². The normalized spacial score (nSPS) is 15.4. The maximum absolute atomic E-state index is 11.8. The lowest BCUT2D eigenvalue weighted by atomic mass is 9.89. The molecule has 6 nitrogen and oxygen atoms in total. The number of amides is 2. The number of phenols is 1. The second kappa shape index (κ2) is 6.97. The van der Waals surface area contributed by atoms with Crippen molar-refractivity contribution in [1.82, 2.24) is 5.32 Å². The number of urea groups is 1. The fourth-order valence-corrected chi connectivity index (χ4v) is 2.57. The Morgan fingerprint density at radius 1 is 1.19 bits per heavy atom. The van der Waals surface area contributed by atoms with Crippen LogP contribution in [0.3, 0.4) is 0 Å². The van der Waals surface area contributed by atoms with Gasteiger partial charge in [-0.2, -0.15) is 0 Å². The standard InChI is InChI=1S/C15H20N2O4/c18-13-8-11(14(19)20)6-7-12(13)17-15(21)16-9-10-4-2-1-3-5-10/h6-8,10,18H,1-5,9H2,(H,19,20)(H2,16,17,21). The number of rotatable bonds is 4. The molecule has 0 saturated heterocycles. The van der Waals surface area contributed by atoms with Crippen LogP contribution < -0.4 is 10.6 Å². The highest BCUT2D eigenvalue weighted by atomic mass is 16.4. The van der Waals surface area contributed by atoms with E-state index in [1.54, 1.807) is 0 Å². The molecule has 0 aromatic heterocycles. The molecular weight excluding hydrogens is 272 g/mol. The van der Waals surface area contributed by atoms with Gasteiger partial charge in [0.25, 0.3) is 0 Å². The van der Waals surface area contributed by atoms with Crippen LogP contribution in [0.1, 0.15) is 42.5 Å². The number of carboxylic acids is 1. The number of hydrogen-bond donors (Lipinski definition) is 4. The zero-order valence-electron chi connectivity index (χ0n) is 11.8. The summed E-state index contributed by atoms with van der Waals surface area (Å²) in [7, 11) is 0. The maximum Gasteiger partial charge on any atom is 0.335 e. The van der Waals surface area contributed by atoms with Crippen molar-refractivity contribution < 1.29 is 19.8 Å². The molecule has 0 unspecified atom stereocenters. The number of carbonyl (C=O) groups excluding carboxylic acids is 1. The molecule has 1 aromatic carbocycles. The molecule has 2 rings (SSSR count). The third-order valence-corrected chi connectivity index (χ3v) is 3.77. The summed E-state index contributed by atoms with van der Waals surface area (Å²) in [4.78, 5) is 22.5. The van der Waals surface area contributed by atoms with Gasteiger partial charge in [0.15, 0.2) is 0 Å². The summed E-state index contributed by atoms with van der Waals surface area (Å²) < 4.78 is 0. The Morgan fingerprint density at radius 2 is 1.90 bits per heavy atom. The zero-order valence-corrected chi connectivity index (χ0v) is 11.8. The summed E-state index contributed by atoms with van der Waals surface area (Å²) >= 11 is 0. The largest absolute Gasteiger partial charge is 0.506 e. The van der Waals surface area contributed by atoms with Crippen LogP contribution in [-0.2, 0) is 0 Å². The summed E-state index contributed by atoms with van der Waals surface area (Å²) in [6.45, 7) is 0.625. The number of phenolic OH excluding ortho intramolecular Hbond substituents is 1. The zero-order chi connectivity index (χ0) is 15.2. The molecule has 4 N–H and O–H groups in total. The monoisotopic (exact) mass is 292 g/mol. The molecule has 114 valence electrons. The van der Waals surface area contributed by atoms with Crippen LogP contribution in [0.25, 0.3) is 0 Å². The lowest BCUT2D eigenvalue weighted by molar-refractivity contribution is 0.0696. The van der Waals surface area contributed by atoms with Gasteiger partial charge in [0, 0.05) is 6.54 Å². The molecule has 0 atom stereocenters. The van der Waals surface area contributed by atoms with E-state index in [1.165, 1.54) is 31.4 Å². The number of carbonyl (C=O) groups is 2. The number of aromatic hydroxyl groups is 1. The van der Waals surface area contributed by atoms with Gasteiger partial charge in [0.2, 0.25) is 0 Å². The first-order valence-corrected chi connectivity index (χ1v) is 7.17. The van der Waals surface area contributed by atoms with E-state index in [-0.39, 0.29) is 23.0 Å². The van der Waals surface area contributed by atoms with Gasteiger partial charge >= 0.3 is 12.0 Å². The Kier molecular flexibility index (Phi) is 5.03. The molecule has 0 spiro atoms. The average Bonchev–Trinajstić information content (AvgIpc) is 2.48. The van der Waals surface area contributed by atoms with Crippen molar-refractivity contribution >= 4 is 17.7 Å². The van der Waals surface area contributed by atoms with Gasteiger partial charge < -0.3 is 20.8 Å². The molecule has 21 heavy (non-hydrogen) atoms. The Labute approximate surface area is 123 Å². The van der Waals surface area contributed by atoms with Crippen LogP contribution in [0, 0.1) is 5.92 Å². The Balaban J connectivity index is 1.85. The van der Waals surface area contributed by atoms with Crippen LogP contribution in [0.4, 0.5) is 10.5 Å². The molecule has 0 radical (unpaired) electrons. The van der Waals surface area contributed by atoms with Crippen LogP contribution >= 0.6 is 0 Å². The van der Waals surface area contributed by atoms with Crippen LogP contribution in [0.2, 0.25) is 0 Å². The van der Waals surface area contributed by atoms with Crippen molar-refractivity contribution in [2.45, 2.75) is 32.1 Å². The number of nitrogens with one attached hydrogen (secondary N) is 2. The smallest absolute Gasteiger partial charge is 0.335 e.